The summed E-state index contributed by atoms with van der Waals surface area (Å²) >= 11 is 0. The minimum absolute atomic E-state index is 0.0768. The van der Waals surface area contributed by atoms with Crippen LogP contribution in [-0.4, -0.2) is 42.8 Å². The summed E-state index contributed by atoms with van der Waals surface area (Å²) in [4.78, 5) is 16.1. The van der Waals surface area contributed by atoms with Crippen molar-refractivity contribution in [3.63, 3.8) is 0 Å². The van der Waals surface area contributed by atoms with Crippen LogP contribution in [0.2, 0.25) is 0 Å². The third-order valence-corrected chi connectivity index (χ3v) is 4.69. The molecule has 0 N–H and O–H groups in total. The summed E-state index contributed by atoms with van der Waals surface area (Å²) in [6.45, 7) is 8.18. The number of ether oxygens (including phenoxy) is 2. The van der Waals surface area contributed by atoms with E-state index in [9.17, 15) is 9.18 Å². The molecule has 3 rings (SSSR count). The van der Waals surface area contributed by atoms with E-state index >= 15 is 0 Å². The van der Waals surface area contributed by atoms with E-state index in [1.54, 1.807) is 17.0 Å². The SMILES string of the molecule is CC(C)(C)OC(=O)N1CCN(c2cccc(OCc3ccc(C#N)cc3F)c2)CC1. The van der Waals surface area contributed by atoms with Gasteiger partial charge in [-0.1, -0.05) is 12.1 Å². The Labute approximate surface area is 176 Å². The van der Waals surface area contributed by atoms with Gasteiger partial charge in [0.1, 0.15) is 23.8 Å². The normalized spacial score (nSPS) is 14.2. The standard InChI is InChI=1S/C23H26FN3O3/c1-23(2,3)30-22(28)27-11-9-26(10-12-27)19-5-4-6-20(14-19)29-16-18-8-7-17(15-25)13-21(18)24/h4-8,13-14H,9-12,16H2,1-3H3. The molecule has 7 heteroatoms. The van der Waals surface area contributed by atoms with Crippen molar-refractivity contribution in [1.29, 1.82) is 5.26 Å². The summed E-state index contributed by atoms with van der Waals surface area (Å²) in [5.41, 5.74) is 1.15. The van der Waals surface area contributed by atoms with Crippen molar-refractivity contribution < 1.29 is 18.7 Å². The van der Waals surface area contributed by atoms with Gasteiger partial charge in [0.05, 0.1) is 11.6 Å². The van der Waals surface area contributed by atoms with E-state index in [-0.39, 0.29) is 18.3 Å². The van der Waals surface area contributed by atoms with Crippen LogP contribution in [0.25, 0.3) is 0 Å². The van der Waals surface area contributed by atoms with E-state index < -0.39 is 11.4 Å². The summed E-state index contributed by atoms with van der Waals surface area (Å²) in [6.07, 6.45) is -0.288. The molecule has 0 unspecified atom stereocenters. The zero-order chi connectivity index (χ0) is 21.7. The third kappa shape index (κ3) is 5.63. The average molecular weight is 411 g/mol. The molecule has 0 atom stereocenters. The quantitative estimate of drug-likeness (QED) is 0.749. The maximum Gasteiger partial charge on any atom is 0.410 e. The van der Waals surface area contributed by atoms with E-state index in [1.807, 2.05) is 51.1 Å². The highest BCUT2D eigenvalue weighted by Gasteiger charge is 2.26. The van der Waals surface area contributed by atoms with Crippen molar-refractivity contribution in [3.05, 3.63) is 59.4 Å². The number of benzene rings is 2. The lowest BCUT2D eigenvalue weighted by molar-refractivity contribution is 0.0240. The van der Waals surface area contributed by atoms with Crippen molar-refractivity contribution in [3.8, 4) is 11.8 Å². The Morgan fingerprint density at radius 3 is 2.50 bits per heavy atom. The Morgan fingerprint density at radius 1 is 1.13 bits per heavy atom. The number of carbonyl (C=O) groups is 1. The molecule has 158 valence electrons. The molecular weight excluding hydrogens is 385 g/mol. The molecule has 1 heterocycles. The monoisotopic (exact) mass is 411 g/mol. The number of halogens is 1. The number of hydrogen-bond donors (Lipinski definition) is 0. The van der Waals surface area contributed by atoms with Crippen LogP contribution in [0.15, 0.2) is 42.5 Å². The van der Waals surface area contributed by atoms with E-state index in [2.05, 4.69) is 4.90 Å². The Hall–Kier alpha value is -3.27. The molecule has 1 fully saturated rings. The average Bonchev–Trinajstić information content (AvgIpc) is 2.72. The van der Waals surface area contributed by atoms with E-state index in [0.29, 0.717) is 37.5 Å². The van der Waals surface area contributed by atoms with Crippen molar-refractivity contribution in [2.24, 2.45) is 0 Å². The van der Waals surface area contributed by atoms with E-state index in [1.165, 1.54) is 6.07 Å². The van der Waals surface area contributed by atoms with Gasteiger partial charge in [0.2, 0.25) is 0 Å². The van der Waals surface area contributed by atoms with Gasteiger partial charge in [-0.2, -0.15) is 5.26 Å². The Morgan fingerprint density at radius 2 is 1.87 bits per heavy atom. The minimum atomic E-state index is -0.506. The van der Waals surface area contributed by atoms with Gasteiger partial charge in [0.25, 0.3) is 0 Å². The van der Waals surface area contributed by atoms with Crippen LogP contribution in [0.4, 0.5) is 14.9 Å². The molecule has 1 aliphatic rings. The van der Waals surface area contributed by atoms with E-state index in [0.717, 1.165) is 5.69 Å². The summed E-state index contributed by atoms with van der Waals surface area (Å²) in [5.74, 6) is 0.175. The Kier molecular flexibility index (Phi) is 6.46. The zero-order valence-corrected chi connectivity index (χ0v) is 17.5. The lowest BCUT2D eigenvalue weighted by Crippen LogP contribution is -2.50. The summed E-state index contributed by atoms with van der Waals surface area (Å²) in [6, 6.07) is 13.9. The van der Waals surface area contributed by atoms with Crippen LogP contribution >= 0.6 is 0 Å². The highest BCUT2D eigenvalue weighted by Crippen LogP contribution is 2.24. The second-order valence-corrected chi connectivity index (χ2v) is 8.16. The van der Waals surface area contributed by atoms with Gasteiger partial charge in [-0.25, -0.2) is 9.18 Å². The molecule has 0 spiro atoms. The highest BCUT2D eigenvalue weighted by molar-refractivity contribution is 5.68. The molecule has 1 aliphatic heterocycles. The first-order chi connectivity index (χ1) is 14.2. The number of hydrogen-bond acceptors (Lipinski definition) is 5. The fourth-order valence-electron chi connectivity index (χ4n) is 3.14. The first kappa shape index (κ1) is 21.4. The molecule has 0 aliphatic carbocycles. The zero-order valence-electron chi connectivity index (χ0n) is 17.5. The first-order valence-corrected chi connectivity index (χ1v) is 9.89. The van der Waals surface area contributed by atoms with Crippen molar-refractivity contribution >= 4 is 11.8 Å². The summed E-state index contributed by atoms with van der Waals surface area (Å²) < 4.78 is 25.2. The van der Waals surface area contributed by atoms with Gasteiger partial charge >= 0.3 is 6.09 Å². The Balaban J connectivity index is 1.57. The molecule has 6 nitrogen and oxygen atoms in total. The van der Waals surface area contributed by atoms with Gasteiger partial charge in [-0.15, -0.1) is 0 Å². The van der Waals surface area contributed by atoms with Crippen LogP contribution in [0.1, 0.15) is 31.9 Å². The lowest BCUT2D eigenvalue weighted by Gasteiger charge is -2.36. The molecule has 0 bridgehead atoms. The number of carbonyl (C=O) groups excluding carboxylic acids is 1. The predicted molar refractivity (Wildman–Crippen MR) is 112 cm³/mol. The highest BCUT2D eigenvalue weighted by atomic mass is 19.1. The predicted octanol–water partition coefficient (Wildman–Crippen LogP) is 4.33. The van der Waals surface area contributed by atoms with Gasteiger partial charge in [0, 0.05) is 43.5 Å². The topological polar surface area (TPSA) is 65.8 Å². The second-order valence-electron chi connectivity index (χ2n) is 8.16. The molecule has 0 saturated carbocycles. The lowest BCUT2D eigenvalue weighted by atomic mass is 10.1. The van der Waals surface area contributed by atoms with Gasteiger partial charge in [-0.05, 0) is 45.0 Å². The third-order valence-electron chi connectivity index (χ3n) is 4.69. The number of nitriles is 1. The van der Waals surface area contributed by atoms with Gasteiger partial charge in [-0.3, -0.25) is 0 Å². The van der Waals surface area contributed by atoms with Crippen molar-refractivity contribution in [2.45, 2.75) is 33.0 Å². The van der Waals surface area contributed by atoms with Crippen molar-refractivity contribution in [2.75, 3.05) is 31.1 Å². The maximum absolute atomic E-state index is 14.0. The largest absolute Gasteiger partial charge is 0.489 e. The van der Waals surface area contributed by atoms with Crippen LogP contribution in [-0.2, 0) is 11.3 Å². The maximum atomic E-state index is 14.0. The number of nitrogens with zero attached hydrogens (tertiary/aromatic N) is 3. The Bertz CT molecular complexity index is 941. The van der Waals surface area contributed by atoms with Crippen LogP contribution < -0.4 is 9.64 Å². The van der Waals surface area contributed by atoms with E-state index in [4.69, 9.17) is 14.7 Å². The van der Waals surface area contributed by atoms with Crippen LogP contribution in [0.5, 0.6) is 5.75 Å². The number of amides is 1. The molecule has 2 aromatic rings. The minimum Gasteiger partial charge on any atom is -0.489 e. The van der Waals surface area contributed by atoms with Crippen LogP contribution in [0, 0.1) is 17.1 Å². The fourth-order valence-corrected chi connectivity index (χ4v) is 3.14. The summed E-state index contributed by atoms with van der Waals surface area (Å²) in [5, 5.41) is 8.83. The molecular formula is C23H26FN3O3. The summed E-state index contributed by atoms with van der Waals surface area (Å²) in [7, 11) is 0. The molecule has 0 aromatic heterocycles. The smallest absolute Gasteiger partial charge is 0.410 e. The van der Waals surface area contributed by atoms with Gasteiger partial charge < -0.3 is 19.3 Å². The van der Waals surface area contributed by atoms with Crippen LogP contribution in [0.3, 0.4) is 0 Å². The number of anilines is 1. The molecule has 0 radical (unpaired) electrons. The fraction of sp³-hybridized carbons (Fsp3) is 0.391. The second kappa shape index (κ2) is 9.04. The number of piperazine rings is 1. The number of rotatable bonds is 4. The molecule has 1 saturated heterocycles. The van der Waals surface area contributed by atoms with Gasteiger partial charge in [0.15, 0.2) is 0 Å². The molecule has 30 heavy (non-hydrogen) atoms. The molecule has 1 amide bonds. The molecule has 2 aromatic carbocycles. The van der Waals surface area contributed by atoms with Crippen molar-refractivity contribution in [1.82, 2.24) is 4.90 Å². The first-order valence-electron chi connectivity index (χ1n) is 9.89.